The zero-order valence-corrected chi connectivity index (χ0v) is 11.7. The van der Waals surface area contributed by atoms with Crippen molar-refractivity contribution < 1.29 is 9.13 Å². The Kier molecular flexibility index (Phi) is 5.15. The summed E-state index contributed by atoms with van der Waals surface area (Å²) in [5, 5.41) is 0. The highest BCUT2D eigenvalue weighted by molar-refractivity contribution is 7.80. The molecule has 5 heteroatoms. The SMILES string of the molecule is NC(=S)c1cc(F)cc(COCCc2ccccn2)c1. The Labute approximate surface area is 122 Å². The van der Waals surface area contributed by atoms with E-state index in [4.69, 9.17) is 22.7 Å². The lowest BCUT2D eigenvalue weighted by molar-refractivity contribution is 0.123. The molecular weight excluding hydrogens is 275 g/mol. The lowest BCUT2D eigenvalue weighted by Gasteiger charge is -2.07. The number of hydrogen-bond acceptors (Lipinski definition) is 3. The van der Waals surface area contributed by atoms with E-state index in [-0.39, 0.29) is 10.8 Å². The van der Waals surface area contributed by atoms with Gasteiger partial charge in [0, 0.05) is 23.9 Å². The van der Waals surface area contributed by atoms with Gasteiger partial charge in [-0.05, 0) is 35.9 Å². The number of aromatic nitrogens is 1. The highest BCUT2D eigenvalue weighted by Crippen LogP contribution is 2.11. The second kappa shape index (κ2) is 7.07. The first-order valence-corrected chi connectivity index (χ1v) is 6.63. The molecule has 0 bridgehead atoms. The maximum atomic E-state index is 13.4. The molecule has 0 aliphatic heterocycles. The molecule has 2 rings (SSSR count). The van der Waals surface area contributed by atoms with E-state index in [0.717, 1.165) is 12.1 Å². The van der Waals surface area contributed by atoms with Gasteiger partial charge in [0.05, 0.1) is 13.2 Å². The number of pyridine rings is 1. The quantitative estimate of drug-likeness (QED) is 0.656. The summed E-state index contributed by atoms with van der Waals surface area (Å²) in [6, 6.07) is 10.2. The highest BCUT2D eigenvalue weighted by atomic mass is 32.1. The molecule has 0 aliphatic carbocycles. The zero-order valence-electron chi connectivity index (χ0n) is 10.9. The van der Waals surface area contributed by atoms with Crippen molar-refractivity contribution in [2.24, 2.45) is 5.73 Å². The fourth-order valence-electron chi connectivity index (χ4n) is 1.79. The average Bonchev–Trinajstić information content (AvgIpc) is 2.44. The van der Waals surface area contributed by atoms with Crippen molar-refractivity contribution in [2.75, 3.05) is 6.61 Å². The molecule has 3 nitrogen and oxygen atoms in total. The van der Waals surface area contributed by atoms with E-state index in [1.807, 2.05) is 18.2 Å². The molecule has 0 saturated carbocycles. The Balaban J connectivity index is 1.86. The van der Waals surface area contributed by atoms with Gasteiger partial charge in [0.25, 0.3) is 0 Å². The second-order valence-electron chi connectivity index (χ2n) is 4.34. The summed E-state index contributed by atoms with van der Waals surface area (Å²) in [4.78, 5) is 4.38. The van der Waals surface area contributed by atoms with Crippen LogP contribution < -0.4 is 5.73 Å². The smallest absolute Gasteiger partial charge is 0.124 e. The van der Waals surface area contributed by atoms with E-state index < -0.39 is 0 Å². The van der Waals surface area contributed by atoms with Gasteiger partial charge in [-0.3, -0.25) is 4.98 Å². The molecular formula is C15H15FN2OS. The topological polar surface area (TPSA) is 48.1 Å². The van der Waals surface area contributed by atoms with Gasteiger partial charge in [-0.25, -0.2) is 4.39 Å². The fourth-order valence-corrected chi connectivity index (χ4v) is 1.91. The minimum Gasteiger partial charge on any atom is -0.389 e. The van der Waals surface area contributed by atoms with Crippen molar-refractivity contribution in [2.45, 2.75) is 13.0 Å². The number of benzene rings is 1. The number of ether oxygens (including phenoxy) is 1. The number of nitrogens with zero attached hydrogens (tertiary/aromatic N) is 1. The van der Waals surface area contributed by atoms with Gasteiger partial charge in [0.2, 0.25) is 0 Å². The van der Waals surface area contributed by atoms with Crippen LogP contribution in [0.1, 0.15) is 16.8 Å². The lowest BCUT2D eigenvalue weighted by Crippen LogP contribution is -2.10. The Hall–Kier alpha value is -1.85. The van der Waals surface area contributed by atoms with Crippen LogP contribution in [-0.2, 0) is 17.8 Å². The molecule has 0 atom stereocenters. The Morgan fingerprint density at radius 1 is 1.30 bits per heavy atom. The number of hydrogen-bond donors (Lipinski definition) is 1. The van der Waals surface area contributed by atoms with Crippen molar-refractivity contribution in [3.05, 3.63) is 65.2 Å². The van der Waals surface area contributed by atoms with Crippen LogP contribution in [0, 0.1) is 5.82 Å². The van der Waals surface area contributed by atoms with Gasteiger partial charge in [0.15, 0.2) is 0 Å². The number of nitrogens with two attached hydrogens (primary N) is 1. The monoisotopic (exact) mass is 290 g/mol. The molecule has 0 aliphatic rings. The third-order valence-electron chi connectivity index (χ3n) is 2.74. The predicted octanol–water partition coefficient (Wildman–Crippen LogP) is 2.61. The second-order valence-corrected chi connectivity index (χ2v) is 4.78. The van der Waals surface area contributed by atoms with Gasteiger partial charge in [-0.2, -0.15) is 0 Å². The summed E-state index contributed by atoms with van der Waals surface area (Å²) in [5.74, 6) is -0.362. The van der Waals surface area contributed by atoms with Gasteiger partial charge >= 0.3 is 0 Å². The summed E-state index contributed by atoms with van der Waals surface area (Å²) in [7, 11) is 0. The van der Waals surface area contributed by atoms with Crippen molar-refractivity contribution in [3.8, 4) is 0 Å². The molecule has 0 unspecified atom stereocenters. The predicted molar refractivity (Wildman–Crippen MR) is 79.9 cm³/mol. The van der Waals surface area contributed by atoms with E-state index in [1.54, 1.807) is 12.3 Å². The fraction of sp³-hybridized carbons (Fsp3) is 0.200. The molecule has 0 spiro atoms. The van der Waals surface area contributed by atoms with E-state index in [2.05, 4.69) is 4.98 Å². The summed E-state index contributed by atoms with van der Waals surface area (Å²) in [6.45, 7) is 0.843. The Morgan fingerprint density at radius 3 is 2.85 bits per heavy atom. The van der Waals surface area contributed by atoms with E-state index in [1.165, 1.54) is 12.1 Å². The highest BCUT2D eigenvalue weighted by Gasteiger charge is 2.03. The average molecular weight is 290 g/mol. The van der Waals surface area contributed by atoms with Gasteiger partial charge in [0.1, 0.15) is 10.8 Å². The van der Waals surface area contributed by atoms with Gasteiger partial charge in [-0.15, -0.1) is 0 Å². The summed E-state index contributed by atoms with van der Waals surface area (Å²) < 4.78 is 18.9. The molecule has 2 N–H and O–H groups in total. The molecule has 2 aromatic rings. The van der Waals surface area contributed by atoms with Crippen molar-refractivity contribution in [1.82, 2.24) is 4.98 Å². The van der Waals surface area contributed by atoms with Crippen LogP contribution in [0.2, 0.25) is 0 Å². The number of halogens is 1. The van der Waals surface area contributed by atoms with Crippen molar-refractivity contribution in [1.29, 1.82) is 0 Å². The molecule has 0 radical (unpaired) electrons. The van der Waals surface area contributed by atoms with Crippen LogP contribution in [0.15, 0.2) is 42.6 Å². The molecule has 1 heterocycles. The molecule has 0 saturated heterocycles. The number of rotatable bonds is 6. The first-order valence-electron chi connectivity index (χ1n) is 6.22. The molecule has 20 heavy (non-hydrogen) atoms. The summed E-state index contributed by atoms with van der Waals surface area (Å²) >= 11 is 4.84. The third kappa shape index (κ3) is 4.36. The minimum absolute atomic E-state index is 0.180. The lowest BCUT2D eigenvalue weighted by atomic mass is 10.1. The van der Waals surface area contributed by atoms with Gasteiger partial charge in [-0.1, -0.05) is 18.3 Å². The standard InChI is InChI=1S/C15H15FN2OS/c16-13-8-11(7-12(9-13)15(17)20)10-19-6-4-14-3-1-2-5-18-14/h1-3,5,7-9H,4,6,10H2,(H2,17,20). The third-order valence-corrected chi connectivity index (χ3v) is 2.98. The normalized spacial score (nSPS) is 10.4. The molecule has 1 aromatic heterocycles. The molecule has 1 aromatic carbocycles. The first-order chi connectivity index (χ1) is 9.65. The maximum absolute atomic E-state index is 13.4. The summed E-state index contributed by atoms with van der Waals surface area (Å²) in [5.41, 5.74) is 7.70. The van der Waals surface area contributed by atoms with E-state index >= 15 is 0 Å². The Bertz CT molecular complexity index is 590. The first kappa shape index (κ1) is 14.6. The largest absolute Gasteiger partial charge is 0.389 e. The van der Waals surface area contributed by atoms with Crippen LogP contribution >= 0.6 is 12.2 Å². The van der Waals surface area contributed by atoms with Crippen molar-refractivity contribution in [3.63, 3.8) is 0 Å². The van der Waals surface area contributed by atoms with Gasteiger partial charge < -0.3 is 10.5 Å². The maximum Gasteiger partial charge on any atom is 0.124 e. The van der Waals surface area contributed by atoms with Crippen LogP contribution in [0.25, 0.3) is 0 Å². The van der Waals surface area contributed by atoms with E-state index in [0.29, 0.717) is 24.3 Å². The summed E-state index contributed by atoms with van der Waals surface area (Å²) in [6.07, 6.45) is 2.47. The number of thiocarbonyl (C=S) groups is 1. The van der Waals surface area contributed by atoms with Crippen molar-refractivity contribution >= 4 is 17.2 Å². The van der Waals surface area contributed by atoms with E-state index in [9.17, 15) is 4.39 Å². The van der Waals surface area contributed by atoms with Crippen LogP contribution in [-0.4, -0.2) is 16.6 Å². The van der Waals surface area contributed by atoms with Crippen LogP contribution in [0.5, 0.6) is 0 Å². The molecule has 0 fully saturated rings. The zero-order chi connectivity index (χ0) is 14.4. The van der Waals surface area contributed by atoms with Crippen LogP contribution in [0.4, 0.5) is 4.39 Å². The molecule has 0 amide bonds. The Morgan fingerprint density at radius 2 is 2.15 bits per heavy atom. The molecule has 104 valence electrons. The van der Waals surface area contributed by atoms with Crippen LogP contribution in [0.3, 0.4) is 0 Å². The minimum atomic E-state index is -0.362.